The maximum absolute atomic E-state index is 14.1. The maximum Gasteiger partial charge on any atom is 0.318 e. The van der Waals surface area contributed by atoms with Crippen LogP contribution in [0.5, 0.6) is 5.75 Å². The molecule has 1 aromatic carbocycles. The number of hydrogen-bond acceptors (Lipinski definition) is 4. The summed E-state index contributed by atoms with van der Waals surface area (Å²) in [4.78, 5) is 20.8. The molecule has 2 aliphatic heterocycles. The Balaban J connectivity index is 1.46. The average molecular weight is 398 g/mol. The van der Waals surface area contributed by atoms with Gasteiger partial charge in [-0.1, -0.05) is 12.1 Å². The molecular weight excluding hydrogens is 371 g/mol. The van der Waals surface area contributed by atoms with Gasteiger partial charge in [-0.25, -0.2) is 9.18 Å². The highest BCUT2D eigenvalue weighted by molar-refractivity contribution is 5.76. The number of pyridine rings is 1. The van der Waals surface area contributed by atoms with Crippen molar-refractivity contribution >= 4 is 11.7 Å². The van der Waals surface area contributed by atoms with Gasteiger partial charge in [-0.2, -0.15) is 0 Å². The van der Waals surface area contributed by atoms with Crippen LogP contribution in [0.1, 0.15) is 37.9 Å². The minimum absolute atomic E-state index is 0.0525. The molecule has 1 aromatic heterocycles. The van der Waals surface area contributed by atoms with Gasteiger partial charge in [-0.15, -0.1) is 0 Å². The molecule has 0 radical (unpaired) electrons. The van der Waals surface area contributed by atoms with Crippen LogP contribution < -0.4 is 15.0 Å². The summed E-state index contributed by atoms with van der Waals surface area (Å²) in [5.41, 5.74) is 2.82. The maximum atomic E-state index is 14.1. The van der Waals surface area contributed by atoms with E-state index < -0.39 is 0 Å². The normalized spacial score (nSPS) is 22.1. The first-order valence-electron chi connectivity index (χ1n) is 10.1. The van der Waals surface area contributed by atoms with Crippen LogP contribution in [0.4, 0.5) is 14.9 Å². The summed E-state index contributed by atoms with van der Waals surface area (Å²) in [6.07, 6.45) is 3.69. The number of urea groups is 1. The van der Waals surface area contributed by atoms with E-state index in [4.69, 9.17) is 4.74 Å². The standard InChI is InChI=1S/C22H27FN4O2/c1-14-12-26(20-7-9-24-11-19(20)23)13-15(2)27(14)22(28)25-16(3)17-5-4-6-21-18(17)8-10-29-21/h4-7,9,11,14-16H,8,10,12-13H2,1-3H3,(H,25,28)/t14-,15-,16-/m1/s1. The number of amides is 2. The number of piperazine rings is 1. The molecule has 1 saturated heterocycles. The third-order valence-corrected chi connectivity index (χ3v) is 5.83. The first-order valence-corrected chi connectivity index (χ1v) is 10.1. The SMILES string of the molecule is C[C@@H]1CN(c2ccncc2F)C[C@@H](C)N1C(=O)N[C@H](C)c1cccc2c1CCO2. The number of ether oxygens (including phenoxy) is 1. The van der Waals surface area contributed by atoms with Crippen molar-refractivity contribution in [2.45, 2.75) is 45.3 Å². The van der Waals surface area contributed by atoms with Crippen molar-refractivity contribution in [1.82, 2.24) is 15.2 Å². The first-order chi connectivity index (χ1) is 14.0. The van der Waals surface area contributed by atoms with E-state index >= 15 is 0 Å². The zero-order chi connectivity index (χ0) is 20.5. The summed E-state index contributed by atoms with van der Waals surface area (Å²) in [7, 11) is 0. The van der Waals surface area contributed by atoms with E-state index in [0.717, 1.165) is 17.7 Å². The van der Waals surface area contributed by atoms with Crippen molar-refractivity contribution in [2.75, 3.05) is 24.6 Å². The van der Waals surface area contributed by atoms with Gasteiger partial charge < -0.3 is 19.9 Å². The molecule has 0 unspecified atom stereocenters. The summed E-state index contributed by atoms with van der Waals surface area (Å²) < 4.78 is 19.8. The molecule has 29 heavy (non-hydrogen) atoms. The Morgan fingerprint density at radius 2 is 2.03 bits per heavy atom. The number of carbonyl (C=O) groups is 1. The number of nitrogens with zero attached hydrogens (tertiary/aromatic N) is 3. The molecule has 0 bridgehead atoms. The van der Waals surface area contributed by atoms with Crippen molar-refractivity contribution < 1.29 is 13.9 Å². The highest BCUT2D eigenvalue weighted by atomic mass is 19.1. The number of halogens is 1. The minimum atomic E-state index is -0.335. The second kappa shape index (κ2) is 7.89. The van der Waals surface area contributed by atoms with E-state index in [2.05, 4.69) is 16.4 Å². The van der Waals surface area contributed by atoms with Crippen LogP contribution in [-0.4, -0.2) is 47.7 Å². The van der Waals surface area contributed by atoms with Crippen LogP contribution in [0, 0.1) is 5.82 Å². The summed E-state index contributed by atoms with van der Waals surface area (Å²) in [6.45, 7) is 7.84. The van der Waals surface area contributed by atoms with Gasteiger partial charge in [-0.3, -0.25) is 4.98 Å². The Morgan fingerprint density at radius 1 is 1.28 bits per heavy atom. The Kier molecular flexibility index (Phi) is 5.30. The molecule has 3 heterocycles. The molecule has 1 N–H and O–H groups in total. The summed E-state index contributed by atoms with van der Waals surface area (Å²) in [6, 6.07) is 7.36. The molecule has 3 atom stereocenters. The monoisotopic (exact) mass is 398 g/mol. The molecule has 4 rings (SSSR count). The molecule has 0 spiro atoms. The zero-order valence-corrected chi connectivity index (χ0v) is 17.1. The molecule has 2 aromatic rings. The molecule has 0 saturated carbocycles. The fourth-order valence-corrected chi connectivity index (χ4v) is 4.54. The number of carbonyl (C=O) groups excluding carboxylic acids is 1. The Morgan fingerprint density at radius 3 is 2.76 bits per heavy atom. The van der Waals surface area contributed by atoms with Crippen molar-refractivity contribution in [1.29, 1.82) is 0 Å². The first kappa shape index (κ1) is 19.5. The molecule has 2 amide bonds. The van der Waals surface area contributed by atoms with Gasteiger partial charge >= 0.3 is 6.03 Å². The van der Waals surface area contributed by atoms with Gasteiger partial charge in [0.15, 0.2) is 5.82 Å². The highest BCUT2D eigenvalue weighted by Crippen LogP contribution is 2.32. The van der Waals surface area contributed by atoms with Crippen molar-refractivity contribution in [3.63, 3.8) is 0 Å². The highest BCUT2D eigenvalue weighted by Gasteiger charge is 2.34. The molecule has 6 nitrogen and oxygen atoms in total. The van der Waals surface area contributed by atoms with Gasteiger partial charge in [0.25, 0.3) is 0 Å². The number of hydrogen-bond donors (Lipinski definition) is 1. The quantitative estimate of drug-likeness (QED) is 0.860. The predicted molar refractivity (Wildman–Crippen MR) is 110 cm³/mol. The van der Waals surface area contributed by atoms with Crippen LogP contribution in [-0.2, 0) is 6.42 Å². The molecular formula is C22H27FN4O2. The second-order valence-electron chi connectivity index (χ2n) is 7.93. The molecule has 154 valence electrons. The average Bonchev–Trinajstić information content (AvgIpc) is 3.16. The minimum Gasteiger partial charge on any atom is -0.493 e. The van der Waals surface area contributed by atoms with Gasteiger partial charge in [-0.05, 0) is 38.5 Å². The number of benzene rings is 1. The zero-order valence-electron chi connectivity index (χ0n) is 17.1. The van der Waals surface area contributed by atoms with Crippen LogP contribution in [0.25, 0.3) is 0 Å². The van der Waals surface area contributed by atoms with Crippen molar-refractivity contribution in [3.05, 3.63) is 53.6 Å². The third-order valence-electron chi connectivity index (χ3n) is 5.83. The lowest BCUT2D eigenvalue weighted by molar-refractivity contribution is 0.139. The predicted octanol–water partition coefficient (Wildman–Crippen LogP) is 3.53. The van der Waals surface area contributed by atoms with E-state index in [1.54, 1.807) is 12.3 Å². The Bertz CT molecular complexity index is 894. The van der Waals surface area contributed by atoms with Gasteiger partial charge in [0.2, 0.25) is 0 Å². The fraction of sp³-hybridized carbons (Fsp3) is 0.455. The molecule has 1 fully saturated rings. The van der Waals surface area contributed by atoms with E-state index in [1.165, 1.54) is 11.8 Å². The van der Waals surface area contributed by atoms with Crippen molar-refractivity contribution in [3.8, 4) is 5.75 Å². The topological polar surface area (TPSA) is 57.7 Å². The molecule has 0 aliphatic carbocycles. The second-order valence-corrected chi connectivity index (χ2v) is 7.93. The smallest absolute Gasteiger partial charge is 0.318 e. The van der Waals surface area contributed by atoms with Crippen LogP contribution >= 0.6 is 0 Å². The van der Waals surface area contributed by atoms with E-state index in [1.807, 2.05) is 42.7 Å². The molecule has 2 aliphatic rings. The summed E-state index contributed by atoms with van der Waals surface area (Å²) in [5, 5.41) is 3.15. The lowest BCUT2D eigenvalue weighted by Crippen LogP contribution is -2.61. The lowest BCUT2D eigenvalue weighted by atomic mass is 9.99. The van der Waals surface area contributed by atoms with Crippen LogP contribution in [0.3, 0.4) is 0 Å². The summed E-state index contributed by atoms with van der Waals surface area (Å²) >= 11 is 0. The van der Waals surface area contributed by atoms with Gasteiger partial charge in [0, 0.05) is 43.4 Å². The summed E-state index contributed by atoms with van der Waals surface area (Å²) in [5.74, 6) is 0.580. The van der Waals surface area contributed by atoms with E-state index in [-0.39, 0.29) is 30.0 Å². The number of fused-ring (bicyclic) bond motifs is 1. The van der Waals surface area contributed by atoms with Gasteiger partial charge in [0.1, 0.15) is 5.75 Å². The van der Waals surface area contributed by atoms with E-state index in [9.17, 15) is 9.18 Å². The number of rotatable bonds is 3. The lowest BCUT2D eigenvalue weighted by Gasteiger charge is -2.45. The number of anilines is 1. The third kappa shape index (κ3) is 3.73. The van der Waals surface area contributed by atoms with E-state index in [0.29, 0.717) is 25.4 Å². The van der Waals surface area contributed by atoms with Crippen molar-refractivity contribution in [2.24, 2.45) is 0 Å². The van der Waals surface area contributed by atoms with Crippen LogP contribution in [0.2, 0.25) is 0 Å². The van der Waals surface area contributed by atoms with Gasteiger partial charge in [0.05, 0.1) is 24.5 Å². The largest absolute Gasteiger partial charge is 0.493 e. The Hall–Kier alpha value is -2.83. The fourth-order valence-electron chi connectivity index (χ4n) is 4.54. The Labute approximate surface area is 170 Å². The van der Waals surface area contributed by atoms with Crippen LogP contribution in [0.15, 0.2) is 36.7 Å². The molecule has 7 heteroatoms. The number of aromatic nitrogens is 1. The number of nitrogens with one attached hydrogen (secondary N) is 1.